The quantitative estimate of drug-likeness (QED) is 0.789. The maximum atomic E-state index is 3.73. The first kappa shape index (κ1) is 13.9. The molecular weight excluding hydrogens is 232 g/mol. The molecule has 2 nitrogen and oxygen atoms in total. The van der Waals surface area contributed by atoms with Crippen LogP contribution in [-0.2, 0) is 0 Å². The largest absolute Gasteiger partial charge is 0.313 e. The highest BCUT2D eigenvalue weighted by atomic mass is 15.2. The summed E-state index contributed by atoms with van der Waals surface area (Å²) in [7, 11) is 0. The molecule has 2 heteroatoms. The highest BCUT2D eigenvalue weighted by Gasteiger charge is 2.31. The molecule has 2 saturated carbocycles. The summed E-state index contributed by atoms with van der Waals surface area (Å²) < 4.78 is 0. The first-order valence-corrected chi connectivity index (χ1v) is 8.89. The SMILES string of the molecule is C1CCC(CCN(CC2CCCCN2)C2CC2)CC1. The van der Waals surface area contributed by atoms with Crippen molar-refractivity contribution in [3.63, 3.8) is 0 Å². The first-order valence-electron chi connectivity index (χ1n) is 8.89. The van der Waals surface area contributed by atoms with Gasteiger partial charge in [0.1, 0.15) is 0 Å². The van der Waals surface area contributed by atoms with Crippen LogP contribution in [-0.4, -0.2) is 36.6 Å². The minimum atomic E-state index is 0.792. The van der Waals surface area contributed by atoms with E-state index in [-0.39, 0.29) is 0 Å². The molecule has 0 spiro atoms. The van der Waals surface area contributed by atoms with Gasteiger partial charge in [0.05, 0.1) is 0 Å². The molecular formula is C17H32N2. The average Bonchev–Trinajstić information content (AvgIpc) is 3.30. The number of nitrogens with one attached hydrogen (secondary N) is 1. The van der Waals surface area contributed by atoms with Gasteiger partial charge in [-0.2, -0.15) is 0 Å². The highest BCUT2D eigenvalue weighted by Crippen LogP contribution is 2.31. The van der Waals surface area contributed by atoms with E-state index in [1.165, 1.54) is 90.3 Å². The van der Waals surface area contributed by atoms with E-state index < -0.39 is 0 Å². The third kappa shape index (κ3) is 4.46. The Morgan fingerprint density at radius 1 is 0.842 bits per heavy atom. The van der Waals surface area contributed by atoms with Crippen LogP contribution in [0.25, 0.3) is 0 Å². The number of rotatable bonds is 6. The minimum absolute atomic E-state index is 0.792. The van der Waals surface area contributed by atoms with Crippen LogP contribution in [0, 0.1) is 5.92 Å². The van der Waals surface area contributed by atoms with Gasteiger partial charge in [-0.1, -0.05) is 38.5 Å². The van der Waals surface area contributed by atoms with Crippen LogP contribution >= 0.6 is 0 Å². The number of hydrogen-bond acceptors (Lipinski definition) is 2. The van der Waals surface area contributed by atoms with Gasteiger partial charge in [0.15, 0.2) is 0 Å². The van der Waals surface area contributed by atoms with Gasteiger partial charge in [-0.3, -0.25) is 4.90 Å². The van der Waals surface area contributed by atoms with Crippen molar-refractivity contribution in [3.8, 4) is 0 Å². The van der Waals surface area contributed by atoms with Crippen molar-refractivity contribution < 1.29 is 0 Å². The van der Waals surface area contributed by atoms with Crippen molar-refractivity contribution in [1.29, 1.82) is 0 Å². The summed E-state index contributed by atoms with van der Waals surface area (Å²) in [5.41, 5.74) is 0. The van der Waals surface area contributed by atoms with E-state index in [9.17, 15) is 0 Å². The van der Waals surface area contributed by atoms with Crippen molar-refractivity contribution >= 4 is 0 Å². The molecule has 0 radical (unpaired) electrons. The fourth-order valence-corrected chi connectivity index (χ4v) is 4.05. The van der Waals surface area contributed by atoms with Crippen molar-refractivity contribution in [2.24, 2.45) is 5.92 Å². The zero-order valence-electron chi connectivity index (χ0n) is 12.6. The Morgan fingerprint density at radius 2 is 1.63 bits per heavy atom. The summed E-state index contributed by atoms with van der Waals surface area (Å²) >= 11 is 0. The lowest BCUT2D eigenvalue weighted by atomic mass is 9.87. The molecule has 19 heavy (non-hydrogen) atoms. The lowest BCUT2D eigenvalue weighted by Gasteiger charge is -2.32. The molecule has 0 amide bonds. The molecule has 3 fully saturated rings. The third-order valence-electron chi connectivity index (χ3n) is 5.48. The predicted molar refractivity (Wildman–Crippen MR) is 81.4 cm³/mol. The molecule has 0 aromatic rings. The molecule has 1 atom stereocenters. The average molecular weight is 264 g/mol. The van der Waals surface area contributed by atoms with Crippen LogP contribution in [0.4, 0.5) is 0 Å². The van der Waals surface area contributed by atoms with Crippen molar-refractivity contribution in [1.82, 2.24) is 10.2 Å². The van der Waals surface area contributed by atoms with Crippen LogP contribution in [0.2, 0.25) is 0 Å². The van der Waals surface area contributed by atoms with Crippen LogP contribution in [0.1, 0.15) is 70.6 Å². The van der Waals surface area contributed by atoms with Crippen molar-refractivity contribution in [2.75, 3.05) is 19.6 Å². The zero-order valence-corrected chi connectivity index (χ0v) is 12.6. The zero-order chi connectivity index (χ0) is 12.9. The lowest BCUT2D eigenvalue weighted by molar-refractivity contribution is 0.192. The molecule has 3 aliphatic rings. The number of nitrogens with zero attached hydrogens (tertiary/aromatic N) is 1. The van der Waals surface area contributed by atoms with E-state index in [0.29, 0.717) is 0 Å². The molecule has 1 unspecified atom stereocenters. The van der Waals surface area contributed by atoms with Gasteiger partial charge in [0.25, 0.3) is 0 Å². The summed E-state index contributed by atoms with van der Waals surface area (Å²) in [6.45, 7) is 3.97. The molecule has 1 heterocycles. The standard InChI is InChI=1S/C17H32N2/c1-2-6-15(7-3-1)11-13-19(17-9-10-17)14-16-8-4-5-12-18-16/h15-18H,1-14H2. The van der Waals surface area contributed by atoms with Crippen LogP contribution in [0.3, 0.4) is 0 Å². The van der Waals surface area contributed by atoms with Gasteiger partial charge in [0.2, 0.25) is 0 Å². The van der Waals surface area contributed by atoms with E-state index in [2.05, 4.69) is 10.2 Å². The Balaban J connectivity index is 1.41. The van der Waals surface area contributed by atoms with Gasteiger partial charge in [-0.05, 0) is 51.1 Å². The molecule has 0 aromatic heterocycles. The van der Waals surface area contributed by atoms with Gasteiger partial charge in [-0.15, -0.1) is 0 Å². The summed E-state index contributed by atoms with van der Waals surface area (Å²) in [6, 6.07) is 1.74. The van der Waals surface area contributed by atoms with E-state index in [0.717, 1.165) is 18.0 Å². The summed E-state index contributed by atoms with van der Waals surface area (Å²) in [6.07, 6.45) is 16.2. The van der Waals surface area contributed by atoms with E-state index in [1.807, 2.05) is 0 Å². The van der Waals surface area contributed by atoms with Crippen molar-refractivity contribution in [3.05, 3.63) is 0 Å². The number of hydrogen-bond donors (Lipinski definition) is 1. The summed E-state index contributed by atoms with van der Waals surface area (Å²) in [5.74, 6) is 1.05. The van der Waals surface area contributed by atoms with Crippen LogP contribution in [0.5, 0.6) is 0 Å². The smallest absolute Gasteiger partial charge is 0.0195 e. The topological polar surface area (TPSA) is 15.3 Å². The fourth-order valence-electron chi connectivity index (χ4n) is 4.05. The van der Waals surface area contributed by atoms with E-state index in [1.54, 1.807) is 0 Å². The Labute approximate surface area is 119 Å². The second-order valence-electron chi connectivity index (χ2n) is 7.17. The number of piperidine rings is 1. The second kappa shape index (κ2) is 7.08. The maximum Gasteiger partial charge on any atom is 0.0195 e. The Hall–Kier alpha value is -0.0800. The molecule has 1 aliphatic heterocycles. The Bertz CT molecular complexity index is 250. The Kier molecular flexibility index (Phi) is 5.17. The molecule has 0 bridgehead atoms. The van der Waals surface area contributed by atoms with Crippen molar-refractivity contribution in [2.45, 2.75) is 82.7 Å². The van der Waals surface area contributed by atoms with Crippen LogP contribution < -0.4 is 5.32 Å². The third-order valence-corrected chi connectivity index (χ3v) is 5.48. The fraction of sp³-hybridized carbons (Fsp3) is 1.00. The first-order chi connectivity index (χ1) is 9.42. The predicted octanol–water partition coefficient (Wildman–Crippen LogP) is 3.56. The summed E-state index contributed by atoms with van der Waals surface area (Å²) in [5, 5.41) is 3.73. The maximum absolute atomic E-state index is 3.73. The molecule has 110 valence electrons. The monoisotopic (exact) mass is 264 g/mol. The molecule has 1 saturated heterocycles. The normalized spacial score (nSPS) is 29.8. The van der Waals surface area contributed by atoms with Crippen LogP contribution in [0.15, 0.2) is 0 Å². The molecule has 1 N–H and O–H groups in total. The molecule has 0 aromatic carbocycles. The highest BCUT2D eigenvalue weighted by molar-refractivity contribution is 4.88. The molecule has 2 aliphatic carbocycles. The Morgan fingerprint density at radius 3 is 2.32 bits per heavy atom. The van der Waals surface area contributed by atoms with E-state index >= 15 is 0 Å². The van der Waals surface area contributed by atoms with Gasteiger partial charge in [-0.25, -0.2) is 0 Å². The van der Waals surface area contributed by atoms with Gasteiger partial charge >= 0.3 is 0 Å². The minimum Gasteiger partial charge on any atom is -0.313 e. The van der Waals surface area contributed by atoms with Gasteiger partial charge in [0, 0.05) is 18.6 Å². The summed E-state index contributed by atoms with van der Waals surface area (Å²) in [4.78, 5) is 2.83. The van der Waals surface area contributed by atoms with E-state index in [4.69, 9.17) is 0 Å². The van der Waals surface area contributed by atoms with Gasteiger partial charge < -0.3 is 5.32 Å². The molecule has 3 rings (SSSR count). The second-order valence-corrected chi connectivity index (χ2v) is 7.17. The lowest BCUT2D eigenvalue weighted by Crippen LogP contribution is -2.45.